The number of benzene rings is 2. The van der Waals surface area contributed by atoms with E-state index in [4.69, 9.17) is 0 Å². The third-order valence-electron chi connectivity index (χ3n) is 3.36. The highest BCUT2D eigenvalue weighted by atomic mass is 19.1. The lowest BCUT2D eigenvalue weighted by Gasteiger charge is -2.23. The molecule has 0 unspecified atom stereocenters. The van der Waals surface area contributed by atoms with Gasteiger partial charge in [-0.05, 0) is 43.8 Å². The normalized spacial score (nSPS) is 10.6. The quantitative estimate of drug-likeness (QED) is 0.865. The van der Waals surface area contributed by atoms with Crippen molar-refractivity contribution in [2.24, 2.45) is 0 Å². The van der Waals surface area contributed by atoms with Crippen molar-refractivity contribution in [3.63, 3.8) is 0 Å². The SMILES string of the molecule is CCN(Cc1cc(CNC)ccc1F)c1ccccc1. The first-order valence-corrected chi connectivity index (χ1v) is 6.96. The van der Waals surface area contributed by atoms with Gasteiger partial charge in [0.2, 0.25) is 0 Å². The standard InChI is InChI=1S/C17H21FN2/c1-3-20(16-7-5-4-6-8-16)13-15-11-14(12-19-2)9-10-17(15)18/h4-11,19H,3,12-13H2,1-2H3. The maximum Gasteiger partial charge on any atom is 0.128 e. The van der Waals surface area contributed by atoms with Crippen molar-refractivity contribution >= 4 is 5.69 Å². The number of hydrogen-bond acceptors (Lipinski definition) is 2. The van der Waals surface area contributed by atoms with Crippen LogP contribution in [0.25, 0.3) is 0 Å². The van der Waals surface area contributed by atoms with Gasteiger partial charge in [-0.2, -0.15) is 0 Å². The summed E-state index contributed by atoms with van der Waals surface area (Å²) in [5, 5.41) is 3.09. The molecule has 1 N–H and O–H groups in total. The molecule has 0 aromatic heterocycles. The molecule has 2 aromatic rings. The predicted octanol–water partition coefficient (Wildman–Crippen LogP) is 3.57. The third kappa shape index (κ3) is 3.58. The highest BCUT2D eigenvalue weighted by Crippen LogP contribution is 2.19. The number of nitrogens with one attached hydrogen (secondary N) is 1. The van der Waals surface area contributed by atoms with Gasteiger partial charge in [0.05, 0.1) is 0 Å². The fourth-order valence-corrected chi connectivity index (χ4v) is 2.29. The molecule has 0 aliphatic rings. The van der Waals surface area contributed by atoms with Gasteiger partial charge in [0.25, 0.3) is 0 Å². The van der Waals surface area contributed by atoms with Crippen LogP contribution in [0.5, 0.6) is 0 Å². The molecule has 0 saturated heterocycles. The molecule has 106 valence electrons. The van der Waals surface area contributed by atoms with E-state index in [0.717, 1.165) is 29.9 Å². The molecule has 0 amide bonds. The number of para-hydroxylation sites is 1. The molecule has 2 rings (SSSR count). The van der Waals surface area contributed by atoms with Gasteiger partial charge < -0.3 is 10.2 Å². The minimum absolute atomic E-state index is 0.140. The summed E-state index contributed by atoms with van der Waals surface area (Å²) in [6.45, 7) is 4.27. The zero-order chi connectivity index (χ0) is 14.4. The first kappa shape index (κ1) is 14.5. The zero-order valence-corrected chi connectivity index (χ0v) is 12.1. The van der Waals surface area contributed by atoms with Crippen LogP contribution in [0.1, 0.15) is 18.1 Å². The van der Waals surface area contributed by atoms with Gasteiger partial charge in [-0.3, -0.25) is 0 Å². The van der Waals surface area contributed by atoms with Crippen LogP contribution >= 0.6 is 0 Å². The second-order valence-electron chi connectivity index (χ2n) is 4.81. The molecule has 0 saturated carbocycles. The van der Waals surface area contributed by atoms with Crippen LogP contribution in [0.4, 0.5) is 10.1 Å². The van der Waals surface area contributed by atoms with Gasteiger partial charge in [-0.25, -0.2) is 4.39 Å². The lowest BCUT2D eigenvalue weighted by Crippen LogP contribution is -2.22. The van der Waals surface area contributed by atoms with E-state index in [1.807, 2.05) is 37.4 Å². The van der Waals surface area contributed by atoms with Gasteiger partial charge in [0.1, 0.15) is 5.82 Å². The van der Waals surface area contributed by atoms with Crippen molar-refractivity contribution in [1.82, 2.24) is 5.32 Å². The van der Waals surface area contributed by atoms with Crippen molar-refractivity contribution in [2.75, 3.05) is 18.5 Å². The Hall–Kier alpha value is -1.87. The summed E-state index contributed by atoms with van der Waals surface area (Å²) < 4.78 is 14.0. The highest BCUT2D eigenvalue weighted by Gasteiger charge is 2.09. The highest BCUT2D eigenvalue weighted by molar-refractivity contribution is 5.46. The third-order valence-corrected chi connectivity index (χ3v) is 3.36. The molecular weight excluding hydrogens is 251 g/mol. The van der Waals surface area contributed by atoms with E-state index in [1.54, 1.807) is 6.07 Å². The molecule has 0 fully saturated rings. The van der Waals surface area contributed by atoms with Gasteiger partial charge in [0, 0.05) is 30.9 Å². The molecular formula is C17H21FN2. The molecule has 0 aliphatic carbocycles. The topological polar surface area (TPSA) is 15.3 Å². The van der Waals surface area contributed by atoms with Crippen LogP contribution in [0, 0.1) is 5.82 Å². The largest absolute Gasteiger partial charge is 0.367 e. The van der Waals surface area contributed by atoms with Crippen LogP contribution in [-0.2, 0) is 13.1 Å². The van der Waals surface area contributed by atoms with Crippen LogP contribution in [0.3, 0.4) is 0 Å². The van der Waals surface area contributed by atoms with Crippen molar-refractivity contribution in [3.05, 3.63) is 65.5 Å². The monoisotopic (exact) mass is 272 g/mol. The second kappa shape index (κ2) is 7.06. The van der Waals surface area contributed by atoms with Gasteiger partial charge in [0.15, 0.2) is 0 Å². The van der Waals surface area contributed by atoms with E-state index >= 15 is 0 Å². The molecule has 20 heavy (non-hydrogen) atoms. The molecule has 0 bridgehead atoms. The average Bonchev–Trinajstić information content (AvgIpc) is 2.49. The summed E-state index contributed by atoms with van der Waals surface area (Å²) in [5.41, 5.74) is 2.96. The molecule has 0 atom stereocenters. The van der Waals surface area contributed by atoms with E-state index < -0.39 is 0 Å². The number of nitrogens with zero attached hydrogens (tertiary/aromatic N) is 1. The number of hydrogen-bond donors (Lipinski definition) is 1. The fourth-order valence-electron chi connectivity index (χ4n) is 2.29. The molecule has 0 aliphatic heterocycles. The Labute approximate surface area is 120 Å². The number of halogens is 1. The van der Waals surface area contributed by atoms with Crippen LogP contribution in [-0.4, -0.2) is 13.6 Å². The van der Waals surface area contributed by atoms with E-state index in [1.165, 1.54) is 0 Å². The minimum Gasteiger partial charge on any atom is -0.367 e. The fraction of sp³-hybridized carbons (Fsp3) is 0.294. The summed E-state index contributed by atoms with van der Waals surface area (Å²) in [4.78, 5) is 2.17. The summed E-state index contributed by atoms with van der Waals surface area (Å²) >= 11 is 0. The van der Waals surface area contributed by atoms with Gasteiger partial charge >= 0.3 is 0 Å². The average molecular weight is 272 g/mol. The summed E-state index contributed by atoms with van der Waals surface area (Å²) in [6.07, 6.45) is 0. The summed E-state index contributed by atoms with van der Waals surface area (Å²) in [6, 6.07) is 15.4. The molecule has 2 aromatic carbocycles. The maximum absolute atomic E-state index is 14.0. The Morgan fingerprint density at radius 1 is 1.10 bits per heavy atom. The van der Waals surface area contributed by atoms with E-state index in [0.29, 0.717) is 6.54 Å². The van der Waals surface area contributed by atoms with Crippen LogP contribution in [0.15, 0.2) is 48.5 Å². The van der Waals surface area contributed by atoms with Crippen LogP contribution in [0.2, 0.25) is 0 Å². The predicted molar refractivity (Wildman–Crippen MR) is 82.3 cm³/mol. The van der Waals surface area contributed by atoms with Crippen molar-refractivity contribution in [2.45, 2.75) is 20.0 Å². The van der Waals surface area contributed by atoms with Crippen molar-refractivity contribution < 1.29 is 4.39 Å². The Morgan fingerprint density at radius 2 is 1.85 bits per heavy atom. The molecule has 3 heteroatoms. The first-order chi connectivity index (χ1) is 9.74. The maximum atomic E-state index is 14.0. The lowest BCUT2D eigenvalue weighted by atomic mass is 10.1. The molecule has 2 nitrogen and oxygen atoms in total. The van der Waals surface area contributed by atoms with E-state index in [2.05, 4.69) is 29.3 Å². The minimum atomic E-state index is -0.140. The van der Waals surface area contributed by atoms with Crippen molar-refractivity contribution in [3.8, 4) is 0 Å². The Balaban J connectivity index is 2.21. The number of anilines is 1. The smallest absolute Gasteiger partial charge is 0.128 e. The summed E-state index contributed by atoms with van der Waals surface area (Å²) in [7, 11) is 1.89. The Bertz CT molecular complexity index is 540. The molecule has 0 radical (unpaired) electrons. The molecule has 0 spiro atoms. The van der Waals surface area contributed by atoms with Gasteiger partial charge in [-0.1, -0.05) is 24.3 Å². The molecule has 0 heterocycles. The first-order valence-electron chi connectivity index (χ1n) is 6.96. The Morgan fingerprint density at radius 3 is 2.50 bits per heavy atom. The number of rotatable bonds is 6. The summed E-state index contributed by atoms with van der Waals surface area (Å²) in [5.74, 6) is -0.140. The lowest BCUT2D eigenvalue weighted by molar-refractivity contribution is 0.603. The zero-order valence-electron chi connectivity index (χ0n) is 12.1. The van der Waals surface area contributed by atoms with Gasteiger partial charge in [-0.15, -0.1) is 0 Å². The Kier molecular flexibility index (Phi) is 5.13. The van der Waals surface area contributed by atoms with Crippen molar-refractivity contribution in [1.29, 1.82) is 0 Å². The van der Waals surface area contributed by atoms with E-state index in [-0.39, 0.29) is 5.82 Å². The van der Waals surface area contributed by atoms with E-state index in [9.17, 15) is 4.39 Å². The second-order valence-corrected chi connectivity index (χ2v) is 4.81. The van der Waals surface area contributed by atoms with Crippen LogP contribution < -0.4 is 10.2 Å².